The highest BCUT2D eigenvalue weighted by atomic mass is 32.2. The van der Waals surface area contributed by atoms with Crippen molar-refractivity contribution in [2.45, 2.75) is 18.6 Å². The number of carbonyl (C=O) groups is 2. The van der Waals surface area contributed by atoms with Crippen LogP contribution in [0.25, 0.3) is 0 Å². The number of amides is 2. The molecule has 1 unspecified atom stereocenters. The highest BCUT2D eigenvalue weighted by Crippen LogP contribution is 2.24. The van der Waals surface area contributed by atoms with Crippen LogP contribution in [-0.4, -0.2) is 35.1 Å². The number of hydrogen-bond acceptors (Lipinski definition) is 6. The summed E-state index contributed by atoms with van der Waals surface area (Å²) < 4.78 is 18.2. The minimum absolute atomic E-state index is 0.0279. The van der Waals surface area contributed by atoms with Crippen molar-refractivity contribution in [2.75, 3.05) is 12.4 Å². The third kappa shape index (κ3) is 5.64. The molecule has 0 saturated carbocycles. The van der Waals surface area contributed by atoms with Crippen LogP contribution in [0.2, 0.25) is 0 Å². The van der Waals surface area contributed by atoms with E-state index in [2.05, 4.69) is 20.8 Å². The number of halogens is 1. The Morgan fingerprint density at radius 2 is 2.03 bits per heavy atom. The second-order valence-corrected chi connectivity index (χ2v) is 7.37. The lowest BCUT2D eigenvalue weighted by Gasteiger charge is -2.21. The second-order valence-electron chi connectivity index (χ2n) is 6.18. The van der Waals surface area contributed by atoms with E-state index in [0.29, 0.717) is 22.7 Å². The summed E-state index contributed by atoms with van der Waals surface area (Å²) >= 11 is 1.12. The van der Waals surface area contributed by atoms with Gasteiger partial charge in [-0.2, -0.15) is 5.10 Å². The lowest BCUT2D eigenvalue weighted by atomic mass is 10.1. The first-order valence-electron chi connectivity index (χ1n) is 8.74. The molecule has 7 nitrogen and oxygen atoms in total. The summed E-state index contributed by atoms with van der Waals surface area (Å²) in [5, 5.41) is 13.1. The number of hydrogen-bond donors (Lipinski definition) is 2. The van der Waals surface area contributed by atoms with Gasteiger partial charge in [0.05, 0.1) is 12.8 Å². The number of thioether (sulfide) groups is 1. The maximum Gasteiger partial charge on any atom is 0.238 e. The monoisotopic (exact) mass is 414 g/mol. The predicted molar refractivity (Wildman–Crippen MR) is 112 cm³/mol. The van der Waals surface area contributed by atoms with E-state index in [1.165, 1.54) is 12.1 Å². The molecule has 1 heterocycles. The first-order valence-corrected chi connectivity index (χ1v) is 9.62. The topological polar surface area (TPSA) is 92.1 Å². The van der Waals surface area contributed by atoms with E-state index in [4.69, 9.17) is 4.74 Å². The van der Waals surface area contributed by atoms with Crippen LogP contribution in [0, 0.1) is 5.82 Å². The SMILES string of the molecule is COc1cccc(NC(=O)C2CC(=O)N/C(=N\N=C(/C)c3ccc(F)cc3)S2)c1. The van der Waals surface area contributed by atoms with Crippen molar-refractivity contribution in [3.05, 3.63) is 59.9 Å². The summed E-state index contributed by atoms with van der Waals surface area (Å²) in [6.07, 6.45) is 0.0279. The Labute approximate surface area is 171 Å². The van der Waals surface area contributed by atoms with Crippen LogP contribution in [0.4, 0.5) is 10.1 Å². The molecule has 0 radical (unpaired) electrons. The number of carbonyl (C=O) groups excluding carboxylic acids is 2. The Morgan fingerprint density at radius 1 is 1.28 bits per heavy atom. The number of anilines is 1. The molecule has 2 amide bonds. The average Bonchev–Trinajstić information content (AvgIpc) is 2.72. The van der Waals surface area contributed by atoms with E-state index in [1.54, 1.807) is 50.4 Å². The molecule has 0 aromatic heterocycles. The quantitative estimate of drug-likeness (QED) is 0.581. The normalized spacial score (nSPS) is 18.3. The zero-order valence-electron chi connectivity index (χ0n) is 15.8. The highest BCUT2D eigenvalue weighted by molar-refractivity contribution is 8.15. The van der Waals surface area contributed by atoms with Crippen LogP contribution in [0.3, 0.4) is 0 Å². The number of nitrogens with zero attached hydrogens (tertiary/aromatic N) is 2. The van der Waals surface area contributed by atoms with E-state index in [9.17, 15) is 14.0 Å². The van der Waals surface area contributed by atoms with Gasteiger partial charge >= 0.3 is 0 Å². The highest BCUT2D eigenvalue weighted by Gasteiger charge is 2.30. The molecular weight excluding hydrogens is 395 g/mol. The predicted octanol–water partition coefficient (Wildman–Crippen LogP) is 3.17. The largest absolute Gasteiger partial charge is 0.497 e. The molecule has 2 N–H and O–H groups in total. The van der Waals surface area contributed by atoms with Crippen LogP contribution in [-0.2, 0) is 9.59 Å². The van der Waals surface area contributed by atoms with Gasteiger partial charge in [-0.3, -0.25) is 9.59 Å². The Bertz CT molecular complexity index is 976. The molecule has 2 aromatic rings. The molecule has 150 valence electrons. The standard InChI is InChI=1S/C20H19FN4O3S/c1-12(13-6-8-14(21)9-7-13)24-25-20-23-18(26)11-17(29-20)19(27)22-15-4-3-5-16(10-15)28-2/h3-10,17H,11H2,1-2H3,(H,22,27)(H,23,25,26)/b24-12+. The minimum atomic E-state index is -0.643. The molecule has 9 heteroatoms. The van der Waals surface area contributed by atoms with Gasteiger partial charge in [0, 0.05) is 18.2 Å². The fourth-order valence-corrected chi connectivity index (χ4v) is 3.46. The van der Waals surface area contributed by atoms with Gasteiger partial charge in [0.1, 0.15) is 16.8 Å². The van der Waals surface area contributed by atoms with Crippen molar-refractivity contribution < 1.29 is 18.7 Å². The van der Waals surface area contributed by atoms with Crippen molar-refractivity contribution in [1.82, 2.24) is 5.32 Å². The Hall–Kier alpha value is -3.20. The maximum atomic E-state index is 13.0. The van der Waals surface area contributed by atoms with E-state index < -0.39 is 5.25 Å². The minimum Gasteiger partial charge on any atom is -0.497 e. The van der Waals surface area contributed by atoms with Crippen LogP contribution < -0.4 is 15.4 Å². The molecule has 0 spiro atoms. The lowest BCUT2D eigenvalue weighted by molar-refractivity contribution is -0.123. The molecule has 1 saturated heterocycles. The number of benzene rings is 2. The molecule has 1 fully saturated rings. The van der Waals surface area contributed by atoms with Gasteiger partial charge in [-0.05, 0) is 36.8 Å². The van der Waals surface area contributed by atoms with E-state index >= 15 is 0 Å². The Balaban J connectivity index is 1.69. The van der Waals surface area contributed by atoms with Crippen molar-refractivity contribution in [3.63, 3.8) is 0 Å². The van der Waals surface area contributed by atoms with Crippen molar-refractivity contribution in [1.29, 1.82) is 0 Å². The van der Waals surface area contributed by atoms with Gasteiger partial charge in [0.15, 0.2) is 5.17 Å². The van der Waals surface area contributed by atoms with Gasteiger partial charge in [0.25, 0.3) is 0 Å². The smallest absolute Gasteiger partial charge is 0.238 e. The van der Waals surface area contributed by atoms with E-state index in [-0.39, 0.29) is 29.2 Å². The second kappa shape index (κ2) is 9.33. The fourth-order valence-electron chi connectivity index (χ4n) is 2.53. The van der Waals surface area contributed by atoms with Crippen LogP contribution in [0.1, 0.15) is 18.9 Å². The van der Waals surface area contributed by atoms with Crippen LogP contribution in [0.15, 0.2) is 58.7 Å². The first-order chi connectivity index (χ1) is 13.9. The number of methoxy groups -OCH3 is 1. The average molecular weight is 414 g/mol. The van der Waals surface area contributed by atoms with E-state index in [1.807, 2.05) is 0 Å². The first kappa shape index (κ1) is 20.5. The van der Waals surface area contributed by atoms with Crippen molar-refractivity contribution in [3.8, 4) is 5.75 Å². The zero-order valence-corrected chi connectivity index (χ0v) is 16.6. The summed E-state index contributed by atoms with van der Waals surface area (Å²) in [6.45, 7) is 1.72. The summed E-state index contributed by atoms with van der Waals surface area (Å²) in [5.74, 6) is -0.356. The third-order valence-corrected chi connectivity index (χ3v) is 5.13. The molecule has 2 aromatic carbocycles. The van der Waals surface area contributed by atoms with Gasteiger partial charge in [0.2, 0.25) is 11.8 Å². The summed E-state index contributed by atoms with van der Waals surface area (Å²) in [6, 6.07) is 12.8. The molecule has 0 aliphatic carbocycles. The fraction of sp³-hybridized carbons (Fsp3) is 0.200. The van der Waals surface area contributed by atoms with Crippen LogP contribution >= 0.6 is 11.8 Å². The Kier molecular flexibility index (Phi) is 6.61. The number of nitrogens with one attached hydrogen (secondary N) is 2. The van der Waals surface area contributed by atoms with Gasteiger partial charge in [-0.1, -0.05) is 30.0 Å². The molecule has 29 heavy (non-hydrogen) atoms. The number of rotatable bonds is 5. The molecular formula is C20H19FN4O3S. The molecule has 0 bridgehead atoms. The van der Waals surface area contributed by atoms with Crippen LogP contribution in [0.5, 0.6) is 5.75 Å². The maximum absolute atomic E-state index is 13.0. The number of ether oxygens (including phenoxy) is 1. The van der Waals surface area contributed by atoms with E-state index in [0.717, 1.165) is 11.8 Å². The van der Waals surface area contributed by atoms with Gasteiger partial charge < -0.3 is 15.4 Å². The lowest BCUT2D eigenvalue weighted by Crippen LogP contribution is -2.41. The molecule has 3 rings (SSSR count). The third-order valence-electron chi connectivity index (χ3n) is 4.05. The molecule has 1 aliphatic rings. The molecule has 1 atom stereocenters. The van der Waals surface area contributed by atoms with Crippen molar-refractivity contribution >= 4 is 40.1 Å². The summed E-state index contributed by atoms with van der Waals surface area (Å²) in [5.41, 5.74) is 1.83. The summed E-state index contributed by atoms with van der Waals surface area (Å²) in [4.78, 5) is 24.6. The molecule has 1 aliphatic heterocycles. The van der Waals surface area contributed by atoms with Gasteiger partial charge in [-0.25, -0.2) is 4.39 Å². The van der Waals surface area contributed by atoms with Gasteiger partial charge in [-0.15, -0.1) is 5.10 Å². The van der Waals surface area contributed by atoms with Crippen molar-refractivity contribution in [2.24, 2.45) is 10.2 Å². The summed E-state index contributed by atoms with van der Waals surface area (Å²) in [7, 11) is 1.54. The Morgan fingerprint density at radius 3 is 2.76 bits per heavy atom. The zero-order chi connectivity index (χ0) is 20.8. The number of amidine groups is 1.